The van der Waals surface area contributed by atoms with Crippen LogP contribution in [-0.2, 0) is 49.4 Å². The molecule has 14 heteroatoms. The Morgan fingerprint density at radius 1 is 0.317 bits per heavy atom. The second-order valence-electron chi connectivity index (χ2n) is 33.3. The molecule has 0 bridgehead atoms. The van der Waals surface area contributed by atoms with Gasteiger partial charge in [-0.2, -0.15) is 21.0 Å². The van der Waals surface area contributed by atoms with E-state index in [0.717, 1.165) is 172 Å². The van der Waals surface area contributed by atoms with Crippen LogP contribution in [0.3, 0.4) is 0 Å². The van der Waals surface area contributed by atoms with E-state index in [4.69, 9.17) is 0 Å². The molecule has 0 saturated carbocycles. The summed E-state index contributed by atoms with van der Waals surface area (Å²) in [6.07, 6.45) is 35.9. The summed E-state index contributed by atoms with van der Waals surface area (Å²) in [5.74, 6) is -1.76. The molecule has 6 heterocycles. The molecule has 6 aromatic carbocycles. The number of carbonyl (C=O) groups excluding carboxylic acids is 2. The number of benzene rings is 6. The van der Waals surface area contributed by atoms with Crippen molar-refractivity contribution in [3.8, 4) is 43.8 Å². The zero-order valence-corrected chi connectivity index (χ0v) is 74.8. The summed E-state index contributed by atoms with van der Waals surface area (Å²) >= 11 is 11.1. The number of rotatable bonds is 36. The monoisotopic (exact) mass is 1690 g/mol. The lowest BCUT2D eigenvalue weighted by molar-refractivity contribution is 0.103. The maximum absolute atomic E-state index is 15.5. The number of halogens is 2. The molecule has 6 nitrogen and oxygen atoms in total. The van der Waals surface area contributed by atoms with Gasteiger partial charge in [0.15, 0.2) is 11.6 Å². The predicted octanol–water partition coefficient (Wildman–Crippen LogP) is 31.4. The predicted molar refractivity (Wildman–Crippen MR) is 502 cm³/mol. The number of thiophene rings is 6. The average molecular weight is 1690 g/mol. The second kappa shape index (κ2) is 37.0. The third-order valence-electron chi connectivity index (χ3n) is 25.6. The van der Waals surface area contributed by atoms with Crippen LogP contribution in [0.5, 0.6) is 0 Å². The Morgan fingerprint density at radius 2 is 0.575 bits per heavy atom. The van der Waals surface area contributed by atoms with Gasteiger partial charge in [-0.15, -0.1) is 68.0 Å². The van der Waals surface area contributed by atoms with E-state index in [1.807, 2.05) is 57.5 Å². The minimum atomic E-state index is -0.895. The Kier molecular flexibility index (Phi) is 25.9. The van der Waals surface area contributed by atoms with Crippen LogP contribution in [0.15, 0.2) is 156 Å². The van der Waals surface area contributed by atoms with Gasteiger partial charge in [-0.05, 0) is 192 Å². The molecule has 0 unspecified atom stereocenters. The van der Waals surface area contributed by atoms with E-state index >= 15 is 18.4 Å². The molecule has 0 fully saturated rings. The zero-order valence-electron chi connectivity index (χ0n) is 69.9. The molecule has 6 aromatic heterocycles. The highest BCUT2D eigenvalue weighted by Crippen LogP contribution is 2.73. The van der Waals surface area contributed by atoms with Crippen molar-refractivity contribution in [3.05, 3.63) is 277 Å². The van der Waals surface area contributed by atoms with Crippen LogP contribution in [0.25, 0.3) is 71.0 Å². The lowest BCUT2D eigenvalue weighted by Gasteiger charge is -2.34. The number of nitriles is 4. The molecule has 0 aliphatic heterocycles. The topological polar surface area (TPSA) is 129 Å². The molecule has 0 saturated heterocycles. The van der Waals surface area contributed by atoms with E-state index in [9.17, 15) is 21.0 Å². The van der Waals surface area contributed by atoms with Crippen LogP contribution >= 0.6 is 68.0 Å². The van der Waals surface area contributed by atoms with Crippen molar-refractivity contribution in [2.75, 3.05) is 0 Å². The van der Waals surface area contributed by atoms with Gasteiger partial charge in [-0.1, -0.05) is 254 Å². The third kappa shape index (κ3) is 15.0. The normalized spacial score (nSPS) is 14.6. The highest BCUT2D eigenvalue weighted by Gasteiger charge is 2.57. The Labute approximate surface area is 730 Å². The molecular formula is C106H102F2N4O2S6. The molecule has 0 radical (unpaired) electrons. The number of hydrogen-bond donors (Lipinski definition) is 0. The highest BCUT2D eigenvalue weighted by molar-refractivity contribution is 7.37. The molecule has 16 rings (SSSR count). The van der Waals surface area contributed by atoms with Gasteiger partial charge in [0.05, 0.1) is 49.1 Å². The van der Waals surface area contributed by atoms with Gasteiger partial charge in [0.2, 0.25) is 0 Å². The van der Waals surface area contributed by atoms with Gasteiger partial charge in [0, 0.05) is 74.8 Å². The summed E-state index contributed by atoms with van der Waals surface area (Å²) in [5.41, 5.74) is 17.0. The van der Waals surface area contributed by atoms with E-state index in [-0.39, 0.29) is 67.3 Å². The fourth-order valence-corrected chi connectivity index (χ4v) is 29.0. The number of nitrogens with zero attached hydrogens (tertiary/aromatic N) is 4. The number of carbonyl (C=O) groups is 2. The van der Waals surface area contributed by atoms with E-state index in [2.05, 4.69) is 163 Å². The summed E-state index contributed by atoms with van der Waals surface area (Å²) < 4.78 is 38.2. The number of aryl methyl sites for hydroxylation is 6. The fraction of sp³-hybridized carbons (Fsp3) is 0.358. The summed E-state index contributed by atoms with van der Waals surface area (Å²) in [5, 5.41) is 42.7. The molecule has 4 aliphatic rings. The van der Waals surface area contributed by atoms with Crippen molar-refractivity contribution in [2.24, 2.45) is 0 Å². The quantitative estimate of drug-likeness (QED) is 0.0218. The van der Waals surface area contributed by atoms with Gasteiger partial charge in [0.25, 0.3) is 0 Å². The maximum atomic E-state index is 15.5. The molecule has 120 heavy (non-hydrogen) atoms. The minimum absolute atomic E-state index is 0.180. The molecule has 0 N–H and O–H groups in total. The summed E-state index contributed by atoms with van der Waals surface area (Å²) in [4.78, 5) is 37.0. The van der Waals surface area contributed by atoms with Gasteiger partial charge in [0.1, 0.15) is 47.1 Å². The second-order valence-corrected chi connectivity index (χ2v) is 39.5. The van der Waals surface area contributed by atoms with Crippen molar-refractivity contribution in [1.82, 2.24) is 0 Å². The smallest absolute Gasteiger partial charge is 0.194 e. The fourth-order valence-electron chi connectivity index (χ4n) is 19.5. The number of unbranched alkanes of at least 4 members (excludes halogenated alkanes) is 18. The van der Waals surface area contributed by atoms with Gasteiger partial charge in [-0.3, -0.25) is 9.59 Å². The van der Waals surface area contributed by atoms with Crippen LogP contribution < -0.4 is 0 Å². The van der Waals surface area contributed by atoms with E-state index in [1.54, 1.807) is 22.7 Å². The first-order chi connectivity index (χ1) is 58.8. The summed E-state index contributed by atoms with van der Waals surface area (Å²) in [6.45, 7) is 13.5. The molecule has 12 aromatic rings. The van der Waals surface area contributed by atoms with Crippen LogP contribution in [0.1, 0.15) is 315 Å². The van der Waals surface area contributed by atoms with Crippen LogP contribution in [0.4, 0.5) is 8.78 Å². The number of Topliss-reactive ketones (excluding diaryl/α,β-unsaturated/α-hetero) is 2. The van der Waals surface area contributed by atoms with Crippen molar-refractivity contribution in [2.45, 2.75) is 245 Å². The number of ketones is 2. The van der Waals surface area contributed by atoms with Crippen molar-refractivity contribution < 1.29 is 18.4 Å². The van der Waals surface area contributed by atoms with Crippen molar-refractivity contribution >= 4 is 131 Å². The number of hydrogen-bond acceptors (Lipinski definition) is 12. The third-order valence-corrected chi connectivity index (χ3v) is 33.7. The van der Waals surface area contributed by atoms with Crippen LogP contribution in [0, 0.1) is 57.0 Å². The molecule has 0 amide bonds. The first-order valence-electron chi connectivity index (χ1n) is 44.2. The zero-order chi connectivity index (χ0) is 83.3. The van der Waals surface area contributed by atoms with E-state index in [0.29, 0.717) is 0 Å². The maximum Gasteiger partial charge on any atom is 0.194 e. The first kappa shape index (κ1) is 84.0. The number of fused-ring (bicyclic) bond motifs is 15. The molecule has 0 spiro atoms. The Morgan fingerprint density at radius 3 is 0.842 bits per heavy atom. The molecule has 0 atom stereocenters. The molecule has 4 aliphatic carbocycles. The van der Waals surface area contributed by atoms with E-state index < -0.39 is 22.5 Å². The van der Waals surface area contributed by atoms with Crippen LogP contribution in [-0.4, -0.2) is 11.6 Å². The Balaban J connectivity index is 1.02. The average Bonchev–Trinajstić information content (AvgIpc) is 1.47. The van der Waals surface area contributed by atoms with Gasteiger partial charge in [-0.25, -0.2) is 8.78 Å². The van der Waals surface area contributed by atoms with Crippen LogP contribution in [0.2, 0.25) is 0 Å². The largest absolute Gasteiger partial charge is 0.289 e. The minimum Gasteiger partial charge on any atom is -0.289 e. The SMILES string of the molecule is CCCCCCc1ccc(C2(c3ccc(CCCCCC)cc3)c3c(sc4c(CCCCCC)c(/C=C5\C(=O)c6ccc(F)cc6C5=C(C#N)C#N)sc34)-c3sc4c5c(sc4c32)-c2sc3c(CCCCCC)c(/C=C4\C(=O)c6ccc(F)cc6C4=C(C#N)C#N)sc3c2C5(c2ccc(CCCCCC)cc2)c2ccc(CCCCCC)cc2)cc1. The number of allylic oxidation sites excluding steroid dienone is 6. The lowest BCUT2D eigenvalue weighted by atomic mass is 9.67. The standard InChI is InChI=1S/C106H102F2N4O2S6/c1-7-13-19-25-31-65-37-45-71(46-38-65)105(72-47-39-66(40-48-72)32-26-20-14-8-2)89-97-95(79(35-29-23-17-11-5)85(115-97)59-83-87(69(61-109)62-110)81-57-75(107)53-55-77(81)93(83)113)117-99(89)101-91(105)103-104(119-101)92-102(120-103)100-90(106(92,73-49-41-67(42-50-73)33-27-21-15-9-3)74-51-43-68(44-52-74)34-28-22-16-10-4)98-96(118-100)80(36-30-24-18-12-6)86(116-98)60-84-88(70(63-111)64-112)82-58-76(108)54-56-78(82)94(84)114/h37-60H,7-36H2,1-6H3/b83-59-,84-60-. The molecule has 608 valence electrons. The summed E-state index contributed by atoms with van der Waals surface area (Å²) in [7, 11) is 0. The Hall–Kier alpha value is -9.58. The van der Waals surface area contributed by atoms with Gasteiger partial charge < -0.3 is 0 Å². The first-order valence-corrected chi connectivity index (χ1v) is 49.1. The summed E-state index contributed by atoms with van der Waals surface area (Å²) in [6, 6.07) is 55.4. The lowest BCUT2D eigenvalue weighted by Crippen LogP contribution is -2.29. The van der Waals surface area contributed by atoms with Crippen molar-refractivity contribution in [1.29, 1.82) is 21.0 Å². The Bertz CT molecular complexity index is 5720. The van der Waals surface area contributed by atoms with E-state index in [1.165, 1.54) is 193 Å². The highest BCUT2D eigenvalue weighted by atomic mass is 32.1. The van der Waals surface area contributed by atoms with Crippen molar-refractivity contribution in [3.63, 3.8) is 0 Å². The van der Waals surface area contributed by atoms with Gasteiger partial charge >= 0.3 is 0 Å². The molecular weight excluding hydrogens is 1590 g/mol.